The van der Waals surface area contributed by atoms with Crippen LogP contribution in [0.3, 0.4) is 0 Å². The van der Waals surface area contributed by atoms with E-state index in [1.807, 2.05) is 45.2 Å². The molecule has 0 saturated carbocycles. The lowest BCUT2D eigenvalue weighted by Crippen LogP contribution is -2.43. The summed E-state index contributed by atoms with van der Waals surface area (Å²) < 4.78 is 1.65. The molecule has 1 amide bonds. The van der Waals surface area contributed by atoms with Crippen molar-refractivity contribution in [3.8, 4) is 10.6 Å². The summed E-state index contributed by atoms with van der Waals surface area (Å²) >= 11 is 1.56. The second-order valence-corrected chi connectivity index (χ2v) is 7.85. The molecule has 0 bridgehead atoms. The lowest BCUT2D eigenvalue weighted by molar-refractivity contribution is 0.0138. The summed E-state index contributed by atoms with van der Waals surface area (Å²) in [5.74, 6) is -0.0208. The monoisotopic (exact) mass is 335 g/mol. The van der Waals surface area contributed by atoms with E-state index in [0.717, 1.165) is 4.88 Å². The average molecular weight is 335 g/mol. The first-order valence-corrected chi connectivity index (χ1v) is 8.64. The van der Waals surface area contributed by atoms with Gasteiger partial charge in [-0.2, -0.15) is 5.10 Å². The van der Waals surface area contributed by atoms with Crippen molar-refractivity contribution in [3.63, 3.8) is 0 Å². The van der Waals surface area contributed by atoms with Crippen molar-refractivity contribution in [2.75, 3.05) is 6.54 Å². The second-order valence-electron chi connectivity index (χ2n) is 6.90. The normalized spacial score (nSPS) is 13.3. The summed E-state index contributed by atoms with van der Waals surface area (Å²) in [5.41, 5.74) is 0.863. The largest absolute Gasteiger partial charge is 0.392 e. The molecule has 0 fully saturated rings. The Balaban J connectivity index is 2.13. The van der Waals surface area contributed by atoms with Crippen LogP contribution in [-0.4, -0.2) is 33.4 Å². The van der Waals surface area contributed by atoms with E-state index in [2.05, 4.69) is 10.4 Å². The third kappa shape index (κ3) is 4.00. The summed E-state index contributed by atoms with van der Waals surface area (Å²) in [6, 6.07) is 3.90. The molecule has 126 valence electrons. The Morgan fingerprint density at radius 2 is 2.17 bits per heavy atom. The van der Waals surface area contributed by atoms with E-state index < -0.39 is 11.5 Å². The number of thiophene rings is 1. The molecule has 1 atom stereocenters. The number of nitrogens with zero attached hydrogens (tertiary/aromatic N) is 2. The fourth-order valence-electron chi connectivity index (χ4n) is 2.66. The molecule has 0 aromatic carbocycles. The van der Waals surface area contributed by atoms with Gasteiger partial charge in [-0.15, -0.1) is 11.3 Å². The van der Waals surface area contributed by atoms with Gasteiger partial charge < -0.3 is 10.4 Å². The molecular weight excluding hydrogens is 310 g/mol. The average Bonchev–Trinajstić information content (AvgIpc) is 3.12. The molecule has 5 nitrogen and oxygen atoms in total. The maximum absolute atomic E-state index is 12.6. The van der Waals surface area contributed by atoms with E-state index in [-0.39, 0.29) is 11.8 Å². The summed E-state index contributed by atoms with van der Waals surface area (Å²) in [7, 11) is 1.81. The Bertz CT molecular complexity index is 659. The molecule has 2 heterocycles. The molecule has 2 N–H and O–H groups in total. The maximum Gasteiger partial charge on any atom is 0.255 e. The molecule has 0 saturated heterocycles. The summed E-state index contributed by atoms with van der Waals surface area (Å²) in [6.45, 7) is 8.28. The molecule has 0 aliphatic heterocycles. The van der Waals surface area contributed by atoms with Gasteiger partial charge in [0.05, 0.1) is 16.5 Å². The number of amides is 1. The van der Waals surface area contributed by atoms with Crippen molar-refractivity contribution in [2.24, 2.45) is 18.4 Å². The molecule has 6 heteroatoms. The SMILES string of the molecule is CC(C)C(O)C(C)(C)CNC(=O)c1cn(C)nc1-c1cccs1. The first kappa shape index (κ1) is 17.7. The molecule has 1 unspecified atom stereocenters. The van der Waals surface area contributed by atoms with Gasteiger partial charge in [-0.05, 0) is 17.4 Å². The minimum atomic E-state index is -0.478. The molecule has 0 aliphatic carbocycles. The van der Waals surface area contributed by atoms with Crippen LogP contribution in [0.15, 0.2) is 23.7 Å². The molecule has 2 aromatic rings. The third-order valence-electron chi connectivity index (χ3n) is 3.96. The van der Waals surface area contributed by atoms with Crippen molar-refractivity contribution in [1.29, 1.82) is 0 Å². The van der Waals surface area contributed by atoms with Gasteiger partial charge in [0, 0.05) is 25.2 Å². The van der Waals surface area contributed by atoms with Crippen LogP contribution < -0.4 is 5.32 Å². The van der Waals surface area contributed by atoms with Crippen molar-refractivity contribution in [1.82, 2.24) is 15.1 Å². The van der Waals surface area contributed by atoms with Gasteiger partial charge in [0.25, 0.3) is 5.91 Å². The topological polar surface area (TPSA) is 67.2 Å². The highest BCUT2D eigenvalue weighted by atomic mass is 32.1. The first-order valence-electron chi connectivity index (χ1n) is 7.76. The lowest BCUT2D eigenvalue weighted by atomic mass is 9.80. The van der Waals surface area contributed by atoms with Gasteiger partial charge in [-0.1, -0.05) is 33.8 Å². The van der Waals surface area contributed by atoms with Crippen molar-refractivity contribution < 1.29 is 9.90 Å². The zero-order valence-electron chi connectivity index (χ0n) is 14.3. The van der Waals surface area contributed by atoms with Crippen LogP contribution in [0.4, 0.5) is 0 Å². The quantitative estimate of drug-likeness (QED) is 0.853. The molecule has 23 heavy (non-hydrogen) atoms. The highest BCUT2D eigenvalue weighted by Crippen LogP contribution is 2.28. The van der Waals surface area contributed by atoms with E-state index in [1.54, 1.807) is 29.3 Å². The second kappa shape index (κ2) is 6.84. The van der Waals surface area contributed by atoms with Crippen LogP contribution in [0.1, 0.15) is 38.1 Å². The Morgan fingerprint density at radius 1 is 1.48 bits per heavy atom. The Labute approximate surface area is 141 Å². The predicted molar refractivity (Wildman–Crippen MR) is 93.5 cm³/mol. The molecule has 2 rings (SSSR count). The van der Waals surface area contributed by atoms with Gasteiger partial charge in [-0.3, -0.25) is 9.48 Å². The van der Waals surface area contributed by atoms with Crippen LogP contribution in [0.5, 0.6) is 0 Å². The number of aliphatic hydroxyl groups is 1. The number of carbonyl (C=O) groups is 1. The highest BCUT2D eigenvalue weighted by molar-refractivity contribution is 7.13. The number of aromatic nitrogens is 2. The summed E-state index contributed by atoms with van der Waals surface area (Å²) in [5, 5.41) is 19.6. The zero-order chi connectivity index (χ0) is 17.2. The van der Waals surface area contributed by atoms with Crippen LogP contribution in [0.25, 0.3) is 10.6 Å². The van der Waals surface area contributed by atoms with E-state index in [1.165, 1.54) is 0 Å². The summed E-state index contributed by atoms with van der Waals surface area (Å²) in [6.07, 6.45) is 1.25. The summed E-state index contributed by atoms with van der Waals surface area (Å²) in [4.78, 5) is 13.5. The van der Waals surface area contributed by atoms with Gasteiger partial charge >= 0.3 is 0 Å². The smallest absolute Gasteiger partial charge is 0.255 e. The lowest BCUT2D eigenvalue weighted by Gasteiger charge is -2.33. The maximum atomic E-state index is 12.6. The van der Waals surface area contributed by atoms with E-state index in [9.17, 15) is 9.90 Å². The van der Waals surface area contributed by atoms with Crippen LogP contribution in [0.2, 0.25) is 0 Å². The van der Waals surface area contributed by atoms with Gasteiger partial charge in [-0.25, -0.2) is 0 Å². The minimum Gasteiger partial charge on any atom is -0.392 e. The van der Waals surface area contributed by atoms with E-state index >= 15 is 0 Å². The molecule has 0 radical (unpaired) electrons. The Morgan fingerprint density at radius 3 is 2.74 bits per heavy atom. The van der Waals surface area contributed by atoms with Gasteiger partial charge in [0.1, 0.15) is 5.69 Å². The molecular formula is C17H25N3O2S. The molecule has 0 aliphatic rings. The number of carbonyl (C=O) groups excluding carboxylic acids is 1. The molecule has 0 spiro atoms. The standard InChI is InChI=1S/C17H25N3O2S/c1-11(2)15(21)17(3,4)10-18-16(22)12-9-20(5)19-14(12)13-7-6-8-23-13/h6-9,11,15,21H,10H2,1-5H3,(H,18,22). The van der Waals surface area contributed by atoms with E-state index in [0.29, 0.717) is 17.8 Å². The first-order chi connectivity index (χ1) is 10.7. The van der Waals surface area contributed by atoms with Crippen molar-refractivity contribution >= 4 is 17.2 Å². The number of nitrogens with one attached hydrogen (secondary N) is 1. The number of aliphatic hydroxyl groups excluding tert-OH is 1. The van der Waals surface area contributed by atoms with Crippen LogP contribution in [0, 0.1) is 11.3 Å². The van der Waals surface area contributed by atoms with Crippen LogP contribution in [-0.2, 0) is 7.05 Å². The Kier molecular flexibility index (Phi) is 5.26. The number of hydrogen-bond donors (Lipinski definition) is 2. The predicted octanol–water partition coefficient (Wildman–Crippen LogP) is 2.92. The van der Waals surface area contributed by atoms with E-state index in [4.69, 9.17) is 0 Å². The minimum absolute atomic E-state index is 0.141. The highest BCUT2D eigenvalue weighted by Gasteiger charge is 2.31. The fraction of sp³-hybridized carbons (Fsp3) is 0.529. The number of aryl methyl sites for hydroxylation is 1. The van der Waals surface area contributed by atoms with Gasteiger partial charge in [0.15, 0.2) is 0 Å². The van der Waals surface area contributed by atoms with Crippen molar-refractivity contribution in [2.45, 2.75) is 33.8 Å². The van der Waals surface area contributed by atoms with Crippen LogP contribution >= 0.6 is 11.3 Å². The third-order valence-corrected chi connectivity index (χ3v) is 4.84. The molecule has 2 aromatic heterocycles. The number of rotatable bonds is 6. The fourth-order valence-corrected chi connectivity index (χ4v) is 3.38. The zero-order valence-corrected chi connectivity index (χ0v) is 15.1. The number of hydrogen-bond acceptors (Lipinski definition) is 4. The Hall–Kier alpha value is -1.66. The van der Waals surface area contributed by atoms with Gasteiger partial charge in [0.2, 0.25) is 0 Å². The van der Waals surface area contributed by atoms with Crippen molar-refractivity contribution in [3.05, 3.63) is 29.3 Å².